The Bertz CT molecular complexity index is 1610. The van der Waals surface area contributed by atoms with Gasteiger partial charge >= 0.3 is 0 Å². The van der Waals surface area contributed by atoms with Crippen molar-refractivity contribution in [2.24, 2.45) is 0 Å². The van der Waals surface area contributed by atoms with Crippen LogP contribution in [0.4, 0.5) is 5.69 Å². The average Bonchev–Trinajstić information content (AvgIpc) is 3.36. The normalized spacial score (nSPS) is 17.3. The van der Waals surface area contributed by atoms with Crippen molar-refractivity contribution in [3.8, 4) is 11.3 Å². The molecule has 204 valence electrons. The van der Waals surface area contributed by atoms with Gasteiger partial charge in [0.2, 0.25) is 11.8 Å². The van der Waals surface area contributed by atoms with Crippen molar-refractivity contribution in [1.82, 2.24) is 20.0 Å². The van der Waals surface area contributed by atoms with Gasteiger partial charge in [-0.1, -0.05) is 60.7 Å². The predicted molar refractivity (Wildman–Crippen MR) is 153 cm³/mol. The zero-order chi connectivity index (χ0) is 27.6. The van der Waals surface area contributed by atoms with E-state index in [4.69, 9.17) is 4.74 Å². The minimum atomic E-state index is -0.530. The minimum Gasteiger partial charge on any atom is -0.348 e. The number of carbonyl (C=O) groups is 2. The number of carbonyl (C=O) groups excluding carboxylic acids is 2. The highest BCUT2D eigenvalue weighted by atomic mass is 16.5. The van der Waals surface area contributed by atoms with Crippen LogP contribution in [0.1, 0.15) is 11.1 Å². The molecule has 1 N–H and O–H groups in total. The third-order valence-electron chi connectivity index (χ3n) is 7.74. The summed E-state index contributed by atoms with van der Waals surface area (Å²) in [6, 6.07) is 22.8. The predicted octanol–water partition coefficient (Wildman–Crippen LogP) is 2.84. The molecule has 40 heavy (non-hydrogen) atoms. The van der Waals surface area contributed by atoms with Crippen molar-refractivity contribution in [3.05, 3.63) is 94.3 Å². The van der Waals surface area contributed by atoms with Gasteiger partial charge in [0.15, 0.2) is 0 Å². The van der Waals surface area contributed by atoms with Crippen LogP contribution in [-0.2, 0) is 27.2 Å². The standard InChI is InChI=1S/C31H31N5O4/c1-34-14-16-35(17-15-34)28(38)20-40-29-19-23-6-2-5-9-26(23)36(29)27(37)18-21-10-12-22(13-11-21)30-24-7-3-4-8-25(24)31(39)33-32-30/h2-13,29H,14-20H2,1H3,(H,33,39). The Labute approximate surface area is 232 Å². The van der Waals surface area contributed by atoms with Crippen LogP contribution in [0, 0.1) is 0 Å². The Kier molecular flexibility index (Phi) is 7.15. The van der Waals surface area contributed by atoms with Gasteiger partial charge in [-0.05, 0) is 30.3 Å². The molecular formula is C31H31N5O4. The number of ether oxygens (including phenoxy) is 1. The highest BCUT2D eigenvalue weighted by molar-refractivity contribution is 5.97. The van der Waals surface area contributed by atoms with Crippen LogP contribution in [-0.4, -0.2) is 77.9 Å². The number of likely N-dealkylation sites (N-methyl/N-ethyl adjacent to an activating group) is 1. The Balaban J connectivity index is 1.17. The summed E-state index contributed by atoms with van der Waals surface area (Å²) in [5.74, 6) is -0.141. The summed E-state index contributed by atoms with van der Waals surface area (Å²) < 4.78 is 6.09. The minimum absolute atomic E-state index is 0.0459. The molecular weight excluding hydrogens is 506 g/mol. The molecule has 0 saturated carbocycles. The lowest BCUT2D eigenvalue weighted by Gasteiger charge is -2.33. The first-order valence-electron chi connectivity index (χ1n) is 13.5. The molecule has 1 atom stereocenters. The molecule has 0 bridgehead atoms. The van der Waals surface area contributed by atoms with Crippen LogP contribution in [0.2, 0.25) is 0 Å². The van der Waals surface area contributed by atoms with Crippen molar-refractivity contribution in [2.75, 3.05) is 44.7 Å². The fourth-order valence-electron chi connectivity index (χ4n) is 5.47. The molecule has 9 heteroatoms. The molecule has 6 rings (SSSR count). The molecule has 4 aromatic rings. The van der Waals surface area contributed by atoms with E-state index in [0.717, 1.165) is 40.9 Å². The summed E-state index contributed by atoms with van der Waals surface area (Å²) in [6.07, 6.45) is 0.194. The number of aromatic amines is 1. The topological polar surface area (TPSA) is 98.8 Å². The van der Waals surface area contributed by atoms with Crippen LogP contribution < -0.4 is 10.5 Å². The number of H-pyrrole nitrogens is 1. The third kappa shape index (κ3) is 5.13. The maximum absolute atomic E-state index is 13.6. The molecule has 1 fully saturated rings. The Morgan fingerprint density at radius 1 is 0.900 bits per heavy atom. The van der Waals surface area contributed by atoms with E-state index >= 15 is 0 Å². The van der Waals surface area contributed by atoms with E-state index in [1.165, 1.54) is 0 Å². The largest absolute Gasteiger partial charge is 0.348 e. The smallest absolute Gasteiger partial charge is 0.272 e. The summed E-state index contributed by atoms with van der Waals surface area (Å²) in [4.78, 5) is 44.3. The number of nitrogens with one attached hydrogen (secondary N) is 1. The van der Waals surface area contributed by atoms with Gasteiger partial charge in [-0.2, -0.15) is 5.10 Å². The Morgan fingerprint density at radius 3 is 2.38 bits per heavy atom. The van der Waals surface area contributed by atoms with Gasteiger partial charge in [0.25, 0.3) is 5.56 Å². The first-order chi connectivity index (χ1) is 19.5. The second-order valence-electron chi connectivity index (χ2n) is 10.4. The second-order valence-corrected chi connectivity index (χ2v) is 10.4. The summed E-state index contributed by atoms with van der Waals surface area (Å²) in [7, 11) is 2.05. The Morgan fingerprint density at radius 2 is 1.60 bits per heavy atom. The quantitative estimate of drug-likeness (QED) is 0.406. The number of hydrogen-bond acceptors (Lipinski definition) is 6. The van der Waals surface area contributed by atoms with Gasteiger partial charge in [-0.3, -0.25) is 19.3 Å². The highest BCUT2D eigenvalue weighted by Crippen LogP contribution is 2.33. The number of rotatable bonds is 6. The molecule has 1 unspecified atom stereocenters. The van der Waals surface area contributed by atoms with Crippen LogP contribution in [0.5, 0.6) is 0 Å². The van der Waals surface area contributed by atoms with Gasteiger partial charge in [-0.25, -0.2) is 5.10 Å². The van der Waals surface area contributed by atoms with Gasteiger partial charge < -0.3 is 14.5 Å². The van der Waals surface area contributed by atoms with Gasteiger partial charge in [0.05, 0.1) is 17.5 Å². The lowest BCUT2D eigenvalue weighted by Crippen LogP contribution is -2.49. The first-order valence-corrected chi connectivity index (χ1v) is 13.5. The number of fused-ring (bicyclic) bond motifs is 2. The highest BCUT2D eigenvalue weighted by Gasteiger charge is 2.35. The zero-order valence-electron chi connectivity index (χ0n) is 22.4. The van der Waals surface area contributed by atoms with E-state index in [1.54, 1.807) is 11.0 Å². The van der Waals surface area contributed by atoms with Gasteiger partial charge in [0, 0.05) is 49.2 Å². The number of hydrogen-bond donors (Lipinski definition) is 1. The monoisotopic (exact) mass is 537 g/mol. The van der Waals surface area contributed by atoms with Crippen molar-refractivity contribution < 1.29 is 14.3 Å². The number of anilines is 1. The number of para-hydroxylation sites is 1. The molecule has 9 nitrogen and oxygen atoms in total. The van der Waals surface area contributed by atoms with Crippen molar-refractivity contribution in [1.29, 1.82) is 0 Å². The number of benzene rings is 3. The summed E-state index contributed by atoms with van der Waals surface area (Å²) in [6.45, 7) is 3.01. The Hall–Kier alpha value is -4.34. The number of piperazine rings is 1. The van der Waals surface area contributed by atoms with Crippen LogP contribution >= 0.6 is 0 Å². The van der Waals surface area contributed by atoms with E-state index in [9.17, 15) is 14.4 Å². The fourth-order valence-corrected chi connectivity index (χ4v) is 5.47. The summed E-state index contributed by atoms with van der Waals surface area (Å²) >= 11 is 0. The molecule has 1 aromatic heterocycles. The zero-order valence-corrected chi connectivity index (χ0v) is 22.4. The molecule has 3 heterocycles. The maximum Gasteiger partial charge on any atom is 0.272 e. The number of amides is 2. The van der Waals surface area contributed by atoms with Gasteiger partial charge in [-0.15, -0.1) is 0 Å². The van der Waals surface area contributed by atoms with E-state index in [1.807, 2.05) is 78.7 Å². The summed E-state index contributed by atoms with van der Waals surface area (Å²) in [5, 5.41) is 8.20. The van der Waals surface area contributed by atoms with E-state index in [2.05, 4.69) is 15.1 Å². The van der Waals surface area contributed by atoms with E-state index in [0.29, 0.717) is 30.6 Å². The third-order valence-corrected chi connectivity index (χ3v) is 7.74. The summed E-state index contributed by atoms with van der Waals surface area (Å²) in [5.41, 5.74) is 4.00. The van der Waals surface area contributed by atoms with E-state index < -0.39 is 6.23 Å². The molecule has 1 saturated heterocycles. The molecule has 2 aliphatic heterocycles. The average molecular weight is 538 g/mol. The van der Waals surface area contributed by atoms with Gasteiger partial charge in [0.1, 0.15) is 12.8 Å². The fraction of sp³-hybridized carbons (Fsp3) is 0.290. The van der Waals surface area contributed by atoms with Crippen molar-refractivity contribution in [3.63, 3.8) is 0 Å². The van der Waals surface area contributed by atoms with Crippen LogP contribution in [0.25, 0.3) is 22.0 Å². The number of aromatic nitrogens is 2. The molecule has 2 aliphatic rings. The van der Waals surface area contributed by atoms with Crippen molar-refractivity contribution in [2.45, 2.75) is 19.1 Å². The molecule has 3 aromatic carbocycles. The number of nitrogens with zero attached hydrogens (tertiary/aromatic N) is 4. The lowest BCUT2D eigenvalue weighted by atomic mass is 10.0. The van der Waals surface area contributed by atoms with Crippen LogP contribution in [0.3, 0.4) is 0 Å². The first kappa shape index (κ1) is 25.9. The molecule has 0 radical (unpaired) electrons. The van der Waals surface area contributed by atoms with Crippen LogP contribution in [0.15, 0.2) is 77.6 Å². The molecule has 0 spiro atoms. The van der Waals surface area contributed by atoms with E-state index in [-0.39, 0.29) is 30.4 Å². The second kappa shape index (κ2) is 11.0. The van der Waals surface area contributed by atoms with Crippen molar-refractivity contribution >= 4 is 28.3 Å². The lowest BCUT2D eigenvalue weighted by molar-refractivity contribution is -0.140. The molecule has 2 amide bonds. The maximum atomic E-state index is 13.6. The SMILES string of the molecule is CN1CCN(C(=O)COC2Cc3ccccc3N2C(=O)Cc2ccc(-c3n[nH]c(=O)c4ccccc34)cc2)CC1. The molecule has 0 aliphatic carbocycles.